The minimum atomic E-state index is -0.362. The van der Waals surface area contributed by atoms with E-state index in [9.17, 15) is 4.39 Å². The van der Waals surface area contributed by atoms with Gasteiger partial charge in [-0.1, -0.05) is 30.1 Å². The van der Waals surface area contributed by atoms with Crippen LogP contribution in [0.5, 0.6) is 0 Å². The molecule has 0 saturated heterocycles. The zero-order chi connectivity index (χ0) is 12.7. The van der Waals surface area contributed by atoms with Crippen molar-refractivity contribution in [1.82, 2.24) is 4.98 Å². The van der Waals surface area contributed by atoms with Crippen molar-refractivity contribution in [1.29, 1.82) is 0 Å². The Bertz CT molecular complexity index is 361. The van der Waals surface area contributed by atoms with Gasteiger partial charge in [-0.3, -0.25) is 4.39 Å². The molecule has 17 heavy (non-hydrogen) atoms. The molecule has 0 spiro atoms. The SMILES string of the molecule is CCCNc1nc(NCCCF)c(Cl)cc1Cl. The van der Waals surface area contributed by atoms with Crippen LogP contribution in [-0.4, -0.2) is 24.7 Å². The number of hydrogen-bond acceptors (Lipinski definition) is 3. The normalized spacial score (nSPS) is 10.4. The number of anilines is 2. The number of nitrogens with one attached hydrogen (secondary N) is 2. The van der Waals surface area contributed by atoms with Crippen LogP contribution in [0.25, 0.3) is 0 Å². The second-order valence-electron chi connectivity index (χ2n) is 3.55. The zero-order valence-corrected chi connectivity index (χ0v) is 11.2. The summed E-state index contributed by atoms with van der Waals surface area (Å²) in [5, 5.41) is 7.01. The van der Waals surface area contributed by atoms with Gasteiger partial charge in [-0.2, -0.15) is 0 Å². The van der Waals surface area contributed by atoms with Gasteiger partial charge < -0.3 is 10.6 Å². The lowest BCUT2D eigenvalue weighted by molar-refractivity contribution is 0.481. The first kappa shape index (κ1) is 14.3. The van der Waals surface area contributed by atoms with E-state index in [1.807, 2.05) is 0 Å². The van der Waals surface area contributed by atoms with E-state index in [-0.39, 0.29) is 6.67 Å². The van der Waals surface area contributed by atoms with E-state index in [0.717, 1.165) is 13.0 Å². The molecule has 0 aromatic carbocycles. The van der Waals surface area contributed by atoms with E-state index in [0.29, 0.717) is 34.6 Å². The monoisotopic (exact) mass is 279 g/mol. The summed E-state index contributed by atoms with van der Waals surface area (Å²) in [5.41, 5.74) is 0. The molecule has 3 nitrogen and oxygen atoms in total. The third kappa shape index (κ3) is 4.56. The van der Waals surface area contributed by atoms with Crippen molar-refractivity contribution in [3.8, 4) is 0 Å². The summed E-state index contributed by atoms with van der Waals surface area (Å²) in [6, 6.07) is 1.63. The van der Waals surface area contributed by atoms with E-state index in [1.165, 1.54) is 0 Å². The molecule has 1 rings (SSSR count). The summed E-state index contributed by atoms with van der Waals surface area (Å²) >= 11 is 12.0. The minimum Gasteiger partial charge on any atom is -0.369 e. The summed E-state index contributed by atoms with van der Waals surface area (Å²) < 4.78 is 12.0. The second-order valence-corrected chi connectivity index (χ2v) is 4.36. The van der Waals surface area contributed by atoms with Crippen LogP contribution in [0.2, 0.25) is 10.0 Å². The zero-order valence-electron chi connectivity index (χ0n) is 9.69. The van der Waals surface area contributed by atoms with Gasteiger partial charge in [-0.15, -0.1) is 0 Å². The molecule has 1 aromatic rings. The summed E-state index contributed by atoms with van der Waals surface area (Å²) in [5.74, 6) is 1.13. The molecule has 0 unspecified atom stereocenters. The predicted octanol–water partition coefficient (Wildman–Crippen LogP) is 3.98. The van der Waals surface area contributed by atoms with E-state index in [2.05, 4.69) is 22.5 Å². The van der Waals surface area contributed by atoms with Crippen LogP contribution < -0.4 is 10.6 Å². The highest BCUT2D eigenvalue weighted by Crippen LogP contribution is 2.29. The minimum absolute atomic E-state index is 0.362. The van der Waals surface area contributed by atoms with Crippen LogP contribution in [0, 0.1) is 0 Å². The largest absolute Gasteiger partial charge is 0.369 e. The van der Waals surface area contributed by atoms with Crippen LogP contribution in [0.1, 0.15) is 19.8 Å². The average molecular weight is 280 g/mol. The van der Waals surface area contributed by atoms with Gasteiger partial charge in [0.1, 0.15) is 11.6 Å². The molecule has 0 fully saturated rings. The summed E-state index contributed by atoms with van der Waals surface area (Å²) in [6.07, 6.45) is 1.41. The fraction of sp³-hybridized carbons (Fsp3) is 0.545. The van der Waals surface area contributed by atoms with Crippen molar-refractivity contribution in [3.63, 3.8) is 0 Å². The van der Waals surface area contributed by atoms with Crippen molar-refractivity contribution < 1.29 is 4.39 Å². The van der Waals surface area contributed by atoms with Crippen LogP contribution in [0.3, 0.4) is 0 Å². The maximum atomic E-state index is 12.0. The smallest absolute Gasteiger partial charge is 0.147 e. The average Bonchev–Trinajstić information content (AvgIpc) is 2.31. The number of aromatic nitrogens is 1. The molecule has 0 atom stereocenters. The molecular formula is C11H16Cl2FN3. The first-order chi connectivity index (χ1) is 8.19. The standard InChI is InChI=1S/C11H16Cl2FN3/c1-2-5-15-10-8(12)7-9(13)11(17-10)16-6-3-4-14/h7H,2-6H2,1H3,(H2,15,16,17). The Morgan fingerprint density at radius 1 is 1.18 bits per heavy atom. The first-order valence-corrected chi connectivity index (χ1v) is 6.34. The molecule has 0 aliphatic carbocycles. The lowest BCUT2D eigenvalue weighted by Gasteiger charge is -2.11. The number of hydrogen-bond donors (Lipinski definition) is 2. The molecule has 1 aromatic heterocycles. The molecular weight excluding hydrogens is 264 g/mol. The van der Waals surface area contributed by atoms with Gasteiger partial charge in [-0.05, 0) is 18.9 Å². The molecule has 0 amide bonds. The molecule has 1 heterocycles. The number of rotatable bonds is 7. The van der Waals surface area contributed by atoms with Crippen LogP contribution in [0.15, 0.2) is 6.07 Å². The Morgan fingerprint density at radius 3 is 2.29 bits per heavy atom. The highest BCUT2D eigenvalue weighted by Gasteiger charge is 2.08. The molecule has 96 valence electrons. The van der Waals surface area contributed by atoms with Gasteiger partial charge in [0.15, 0.2) is 0 Å². The summed E-state index contributed by atoms with van der Waals surface area (Å²) in [4.78, 5) is 4.27. The van der Waals surface area contributed by atoms with Gasteiger partial charge in [0.25, 0.3) is 0 Å². The van der Waals surface area contributed by atoms with Crippen LogP contribution >= 0.6 is 23.2 Å². The van der Waals surface area contributed by atoms with Crippen molar-refractivity contribution in [2.45, 2.75) is 19.8 Å². The lowest BCUT2D eigenvalue weighted by atomic mass is 10.4. The maximum absolute atomic E-state index is 12.0. The topological polar surface area (TPSA) is 37.0 Å². The molecule has 0 radical (unpaired) electrons. The quantitative estimate of drug-likeness (QED) is 0.742. The third-order valence-corrected chi connectivity index (χ3v) is 2.65. The Kier molecular flexibility index (Phi) is 6.37. The number of pyridine rings is 1. The van der Waals surface area contributed by atoms with E-state index >= 15 is 0 Å². The van der Waals surface area contributed by atoms with E-state index in [1.54, 1.807) is 6.07 Å². The third-order valence-electron chi connectivity index (χ3n) is 2.07. The van der Waals surface area contributed by atoms with Gasteiger partial charge in [0.2, 0.25) is 0 Å². The van der Waals surface area contributed by atoms with Crippen molar-refractivity contribution in [2.24, 2.45) is 0 Å². The number of nitrogens with zero attached hydrogens (tertiary/aromatic N) is 1. The maximum Gasteiger partial charge on any atom is 0.147 e. The van der Waals surface area contributed by atoms with Gasteiger partial charge in [-0.25, -0.2) is 4.98 Å². The van der Waals surface area contributed by atoms with Gasteiger partial charge >= 0.3 is 0 Å². The molecule has 6 heteroatoms. The molecule has 0 saturated carbocycles. The first-order valence-electron chi connectivity index (χ1n) is 5.58. The van der Waals surface area contributed by atoms with E-state index in [4.69, 9.17) is 23.2 Å². The Balaban J connectivity index is 2.74. The summed E-state index contributed by atoms with van der Waals surface area (Å²) in [7, 11) is 0. The van der Waals surface area contributed by atoms with Crippen molar-refractivity contribution in [3.05, 3.63) is 16.1 Å². The molecule has 0 aliphatic heterocycles. The Hall–Kier alpha value is -0.740. The van der Waals surface area contributed by atoms with Crippen LogP contribution in [-0.2, 0) is 0 Å². The van der Waals surface area contributed by atoms with E-state index < -0.39 is 0 Å². The van der Waals surface area contributed by atoms with Crippen LogP contribution in [0.4, 0.5) is 16.0 Å². The molecule has 0 aliphatic rings. The lowest BCUT2D eigenvalue weighted by Crippen LogP contribution is -2.08. The Labute approximate surface area is 111 Å². The van der Waals surface area contributed by atoms with Crippen molar-refractivity contribution >= 4 is 34.8 Å². The number of alkyl halides is 1. The fourth-order valence-corrected chi connectivity index (χ4v) is 1.72. The predicted molar refractivity (Wildman–Crippen MR) is 72.1 cm³/mol. The Morgan fingerprint density at radius 2 is 1.76 bits per heavy atom. The second kappa shape index (κ2) is 7.56. The number of halogens is 3. The molecule has 0 bridgehead atoms. The fourth-order valence-electron chi connectivity index (χ4n) is 1.23. The highest BCUT2D eigenvalue weighted by atomic mass is 35.5. The van der Waals surface area contributed by atoms with Gasteiger partial charge in [0, 0.05) is 13.1 Å². The van der Waals surface area contributed by atoms with Gasteiger partial charge in [0.05, 0.1) is 16.7 Å². The highest BCUT2D eigenvalue weighted by molar-refractivity contribution is 6.37. The summed E-state index contributed by atoms with van der Waals surface area (Å²) in [6.45, 7) is 2.98. The molecule has 2 N–H and O–H groups in total. The van der Waals surface area contributed by atoms with Crippen molar-refractivity contribution in [2.75, 3.05) is 30.4 Å².